The Bertz CT molecular complexity index is 319. The number of nitrogens with two attached hydrogens (primary N) is 1. The highest BCUT2D eigenvalue weighted by molar-refractivity contribution is 6.61. The summed E-state index contributed by atoms with van der Waals surface area (Å²) in [5.41, 5.74) is 1.63. The summed E-state index contributed by atoms with van der Waals surface area (Å²) in [6.07, 6.45) is 0. The molecule has 1 aliphatic rings. The second-order valence-corrected chi connectivity index (χ2v) is 2.70. The van der Waals surface area contributed by atoms with Gasteiger partial charge in [-0.05, 0) is 23.2 Å². The van der Waals surface area contributed by atoms with Gasteiger partial charge in [0.15, 0.2) is 5.75 Å². The molecule has 3 N–H and O–H groups in total. The first-order valence-electron chi connectivity index (χ1n) is 3.77. The van der Waals surface area contributed by atoms with Gasteiger partial charge in [-0.2, -0.15) is 5.90 Å². The van der Waals surface area contributed by atoms with Crippen molar-refractivity contribution in [2.24, 2.45) is 5.90 Å². The maximum atomic E-state index is 9.32. The van der Waals surface area contributed by atoms with Crippen LogP contribution in [0.4, 0.5) is 0 Å². The van der Waals surface area contributed by atoms with Crippen LogP contribution in [0.5, 0.6) is 5.75 Å². The van der Waals surface area contributed by atoms with E-state index in [0.717, 1.165) is 5.56 Å². The first-order chi connectivity index (χ1) is 6.31. The molecule has 0 unspecified atom stereocenters. The minimum Gasteiger partial charge on any atom is -0.423 e. The average Bonchev–Trinajstić information content (AvgIpc) is 2.49. The van der Waals surface area contributed by atoms with Crippen molar-refractivity contribution >= 4 is 12.6 Å². The van der Waals surface area contributed by atoms with Crippen LogP contribution in [0.3, 0.4) is 0 Å². The number of hydrogen-bond donors (Lipinski definition) is 2. The Hall–Kier alpha value is -1.08. The third-order valence-electron chi connectivity index (χ3n) is 1.92. The van der Waals surface area contributed by atoms with Gasteiger partial charge in [-0.25, -0.2) is 0 Å². The first-order valence-corrected chi connectivity index (χ1v) is 3.77. The van der Waals surface area contributed by atoms with Gasteiger partial charge < -0.3 is 14.6 Å². The predicted octanol–water partition coefficient (Wildman–Crippen LogP) is -0.912. The number of benzene rings is 1. The number of rotatable bonds is 2. The molecule has 1 aromatic carbocycles. The molecule has 0 radical (unpaired) electrons. The fourth-order valence-corrected chi connectivity index (χ4v) is 1.30. The maximum absolute atomic E-state index is 9.32. The van der Waals surface area contributed by atoms with Crippen LogP contribution < -0.4 is 16.2 Å². The molecule has 1 aromatic rings. The molecule has 0 saturated heterocycles. The van der Waals surface area contributed by atoms with Crippen LogP contribution in [0, 0.1) is 0 Å². The van der Waals surface area contributed by atoms with Crippen molar-refractivity contribution in [1.82, 2.24) is 0 Å². The number of hydrogen-bond acceptors (Lipinski definition) is 5. The average molecular weight is 181 g/mol. The summed E-state index contributed by atoms with van der Waals surface area (Å²) in [5, 5.41) is 9.32. The van der Waals surface area contributed by atoms with Crippen molar-refractivity contribution < 1.29 is 19.6 Å². The summed E-state index contributed by atoms with van der Waals surface area (Å²) in [5.74, 6) is 5.16. The quantitative estimate of drug-likeness (QED) is 0.351. The molecule has 2 rings (SSSR count). The lowest BCUT2D eigenvalue weighted by Gasteiger charge is -2.02. The van der Waals surface area contributed by atoms with Gasteiger partial charge in [0.05, 0.1) is 6.61 Å². The zero-order valence-corrected chi connectivity index (χ0v) is 6.77. The molecule has 0 spiro atoms. The Kier molecular flexibility index (Phi) is 2.20. The van der Waals surface area contributed by atoms with Crippen LogP contribution >= 0.6 is 0 Å². The molecular weight excluding hydrogens is 173 g/mol. The third kappa shape index (κ3) is 1.52. The normalized spacial score (nSPS) is 14.5. The maximum Gasteiger partial charge on any atom is 0.491 e. The van der Waals surface area contributed by atoms with Gasteiger partial charge in [0.25, 0.3) is 0 Å². The zero-order valence-electron chi connectivity index (χ0n) is 6.77. The van der Waals surface area contributed by atoms with E-state index in [2.05, 4.69) is 9.88 Å². The van der Waals surface area contributed by atoms with Crippen LogP contribution in [-0.4, -0.2) is 12.1 Å². The molecule has 1 heterocycles. The SMILES string of the molecule is NOOc1ccc2c(c1)B(O)OC2. The van der Waals surface area contributed by atoms with Crippen molar-refractivity contribution in [2.75, 3.05) is 0 Å². The topological polar surface area (TPSA) is 73.9 Å². The van der Waals surface area contributed by atoms with Gasteiger partial charge in [-0.3, -0.25) is 0 Å². The summed E-state index contributed by atoms with van der Waals surface area (Å²) in [4.78, 5) is 8.59. The summed E-state index contributed by atoms with van der Waals surface area (Å²) in [6.45, 7) is 0.417. The Morgan fingerprint density at radius 3 is 3.15 bits per heavy atom. The molecule has 0 bridgehead atoms. The highest BCUT2D eigenvalue weighted by Gasteiger charge is 2.27. The van der Waals surface area contributed by atoms with E-state index >= 15 is 0 Å². The molecule has 0 aliphatic carbocycles. The lowest BCUT2D eigenvalue weighted by Crippen LogP contribution is -2.28. The molecule has 0 atom stereocenters. The second kappa shape index (κ2) is 3.35. The van der Waals surface area contributed by atoms with E-state index in [-0.39, 0.29) is 0 Å². The highest BCUT2D eigenvalue weighted by Crippen LogP contribution is 2.15. The van der Waals surface area contributed by atoms with Gasteiger partial charge in [0.1, 0.15) is 0 Å². The largest absolute Gasteiger partial charge is 0.491 e. The lowest BCUT2D eigenvalue weighted by atomic mass is 9.79. The van der Waals surface area contributed by atoms with E-state index in [0.29, 0.717) is 17.8 Å². The minimum atomic E-state index is -0.878. The van der Waals surface area contributed by atoms with Gasteiger partial charge in [0, 0.05) is 0 Å². The molecule has 5 nitrogen and oxygen atoms in total. The van der Waals surface area contributed by atoms with E-state index < -0.39 is 7.12 Å². The first kappa shape index (κ1) is 8.52. The van der Waals surface area contributed by atoms with E-state index in [1.54, 1.807) is 18.2 Å². The molecule has 1 aliphatic heterocycles. The molecule has 6 heteroatoms. The van der Waals surface area contributed by atoms with Crippen LogP contribution in [0.25, 0.3) is 0 Å². The smallest absolute Gasteiger partial charge is 0.423 e. The predicted molar refractivity (Wildman–Crippen MR) is 44.7 cm³/mol. The summed E-state index contributed by atoms with van der Waals surface area (Å²) >= 11 is 0. The van der Waals surface area contributed by atoms with Crippen molar-refractivity contribution in [3.05, 3.63) is 23.8 Å². The van der Waals surface area contributed by atoms with Crippen LogP contribution in [-0.2, 0) is 16.2 Å². The Morgan fingerprint density at radius 2 is 2.38 bits per heavy atom. The van der Waals surface area contributed by atoms with E-state index in [1.165, 1.54) is 0 Å². The summed E-state index contributed by atoms with van der Waals surface area (Å²) in [7, 11) is -0.878. The van der Waals surface area contributed by atoms with Crippen molar-refractivity contribution in [2.45, 2.75) is 6.61 Å². The second-order valence-electron chi connectivity index (χ2n) is 2.70. The van der Waals surface area contributed by atoms with Crippen LogP contribution in [0.2, 0.25) is 0 Å². The molecule has 0 fully saturated rings. The van der Waals surface area contributed by atoms with E-state index in [4.69, 9.17) is 10.6 Å². The zero-order chi connectivity index (χ0) is 9.26. The molecule has 0 amide bonds. The Labute approximate surface area is 75.0 Å². The monoisotopic (exact) mass is 181 g/mol. The van der Waals surface area contributed by atoms with Crippen LogP contribution in [0.1, 0.15) is 5.56 Å². The van der Waals surface area contributed by atoms with Gasteiger partial charge >= 0.3 is 7.12 Å². The van der Waals surface area contributed by atoms with E-state index in [1.807, 2.05) is 0 Å². The molecule has 13 heavy (non-hydrogen) atoms. The fraction of sp³-hybridized carbons (Fsp3) is 0.143. The molecular formula is C7H8BNO4. The van der Waals surface area contributed by atoms with Crippen molar-refractivity contribution in [3.8, 4) is 5.75 Å². The number of fused-ring (bicyclic) bond motifs is 1. The Morgan fingerprint density at radius 1 is 1.54 bits per heavy atom. The molecule has 0 aromatic heterocycles. The van der Waals surface area contributed by atoms with Crippen LogP contribution in [0.15, 0.2) is 18.2 Å². The molecule has 0 saturated carbocycles. The fourth-order valence-electron chi connectivity index (χ4n) is 1.30. The standard InChI is InChI=1S/C7H8BNO4/c9-13-12-6-2-1-5-4-11-8(10)7(5)3-6/h1-3,10H,4,9H2. The summed E-state index contributed by atoms with van der Waals surface area (Å²) < 4.78 is 4.98. The van der Waals surface area contributed by atoms with Gasteiger partial charge in [0.2, 0.25) is 0 Å². The lowest BCUT2D eigenvalue weighted by molar-refractivity contribution is -0.211. The highest BCUT2D eigenvalue weighted by atomic mass is 17.3. The van der Waals surface area contributed by atoms with Gasteiger partial charge in [-0.15, -0.1) is 0 Å². The summed E-state index contributed by atoms with van der Waals surface area (Å²) in [6, 6.07) is 5.10. The van der Waals surface area contributed by atoms with Gasteiger partial charge in [-0.1, -0.05) is 11.1 Å². The molecule has 68 valence electrons. The Balaban J connectivity index is 2.31. The van der Waals surface area contributed by atoms with Crippen molar-refractivity contribution in [3.63, 3.8) is 0 Å². The minimum absolute atomic E-state index is 0.417. The third-order valence-corrected chi connectivity index (χ3v) is 1.92. The van der Waals surface area contributed by atoms with Crippen molar-refractivity contribution in [1.29, 1.82) is 0 Å². The van der Waals surface area contributed by atoms with E-state index in [9.17, 15) is 5.02 Å².